The summed E-state index contributed by atoms with van der Waals surface area (Å²) in [7, 11) is -4.29. The fourth-order valence-electron chi connectivity index (χ4n) is 0.589. The third-order valence-corrected chi connectivity index (χ3v) is 2.42. The van der Waals surface area contributed by atoms with Crippen LogP contribution in [0.4, 0.5) is 0 Å². The molecule has 0 saturated heterocycles. The Morgan fingerprint density at radius 2 is 1.64 bits per heavy atom. The molecule has 5 heteroatoms. The van der Waals surface area contributed by atoms with Gasteiger partial charge in [0, 0.05) is 0 Å². The molecule has 1 rings (SSSR count). The van der Waals surface area contributed by atoms with E-state index in [1.165, 1.54) is 24.3 Å². The van der Waals surface area contributed by atoms with E-state index in [1.54, 1.807) is 0 Å². The molecular weight excluding hydrogens is 260 g/mol. The zero-order valence-corrected chi connectivity index (χ0v) is 7.54. The summed E-state index contributed by atoms with van der Waals surface area (Å²) < 4.78 is 31.9. The van der Waals surface area contributed by atoms with Crippen molar-refractivity contribution < 1.29 is 34.0 Å². The van der Waals surface area contributed by atoms with Crippen LogP contribution in [0.25, 0.3) is 0 Å². The van der Waals surface area contributed by atoms with Crippen LogP contribution in [-0.2, 0) is 31.2 Å². The molecule has 0 unspecified atom stereocenters. The van der Waals surface area contributed by atoms with Gasteiger partial charge in [-0.25, -0.2) is 0 Å². The summed E-state index contributed by atoms with van der Waals surface area (Å²) in [5, 5.41) is 0. The first-order valence-corrected chi connectivity index (χ1v) is 4.83. The van der Waals surface area contributed by atoms with Crippen LogP contribution < -0.4 is 3.78 Å². The van der Waals surface area contributed by atoms with Crippen molar-refractivity contribution >= 4 is 13.9 Å². The molecule has 0 fully saturated rings. The summed E-state index contributed by atoms with van der Waals surface area (Å²) in [4.78, 5) is -0.208. The molecule has 0 aliphatic rings. The van der Waals surface area contributed by atoms with E-state index >= 15 is 0 Å². The molecule has 0 bridgehead atoms. The monoisotopic (exact) mass is 263 g/mol. The Bertz CT molecular complexity index is 341. The molecule has 0 radical (unpaired) electrons. The molecule has 0 aliphatic heterocycles. The first-order valence-electron chi connectivity index (χ1n) is 2.68. The molecule has 0 aromatic heterocycles. The molecule has 0 aliphatic carbocycles. The van der Waals surface area contributed by atoms with Gasteiger partial charge in [0.1, 0.15) is 0 Å². The van der Waals surface area contributed by atoms with E-state index in [4.69, 9.17) is 0 Å². The summed E-state index contributed by atoms with van der Waals surface area (Å²) in [6.07, 6.45) is 0. The van der Waals surface area contributed by atoms with Crippen LogP contribution in [0, 0.1) is 0 Å². The second-order valence-corrected chi connectivity index (χ2v) is 4.10. The molecule has 3 nitrogen and oxygen atoms in total. The van der Waals surface area contributed by atoms with Crippen LogP contribution in [0.15, 0.2) is 29.2 Å². The number of hydrogen-bond donors (Lipinski definition) is 0. The molecule has 1 aromatic rings. The minimum absolute atomic E-state index is 0.208. The predicted octanol–water partition coefficient (Wildman–Crippen LogP) is -0.237. The quantitative estimate of drug-likeness (QED) is 0.519. The van der Waals surface area contributed by atoms with Gasteiger partial charge in [0.25, 0.3) is 0 Å². The van der Waals surface area contributed by atoms with Gasteiger partial charge in [-0.1, -0.05) is 0 Å². The van der Waals surface area contributed by atoms with Gasteiger partial charge < -0.3 is 0 Å². The van der Waals surface area contributed by atoms with Crippen molar-refractivity contribution in [1.82, 2.24) is 0 Å². The molecule has 0 saturated carbocycles. The predicted molar refractivity (Wildman–Crippen MR) is 34.0 cm³/mol. The Morgan fingerprint density at radius 1 is 1.18 bits per heavy atom. The van der Waals surface area contributed by atoms with Crippen molar-refractivity contribution in [1.29, 1.82) is 0 Å². The standard InChI is InChI=1S/C6H5O3S.Ag/c7-10(8,9)6-4-2-1-3-5-6;/h2-5H,(H,7,8,9);/q;+1/p-1. The summed E-state index contributed by atoms with van der Waals surface area (Å²) in [6, 6.07) is 5.52. The molecule has 0 heterocycles. The Hall–Kier alpha value is -0.130. The van der Waals surface area contributed by atoms with Gasteiger partial charge in [0.05, 0.1) is 0 Å². The van der Waals surface area contributed by atoms with Crippen molar-refractivity contribution in [3.8, 4) is 0 Å². The first kappa shape index (κ1) is 8.96. The minimum atomic E-state index is -4.29. The maximum absolute atomic E-state index is 10.4. The van der Waals surface area contributed by atoms with Crippen molar-refractivity contribution in [3.63, 3.8) is 0 Å². The molecule has 1 aromatic carbocycles. The van der Waals surface area contributed by atoms with Gasteiger partial charge in [-0.15, -0.1) is 0 Å². The molecular formula is C6H4AgO3S. The number of rotatable bonds is 1. The first-order chi connectivity index (χ1) is 5.00. The Labute approximate surface area is 77.1 Å². The summed E-state index contributed by atoms with van der Waals surface area (Å²) in [6.45, 7) is 0. The van der Waals surface area contributed by atoms with Crippen molar-refractivity contribution in [3.05, 3.63) is 24.3 Å². The van der Waals surface area contributed by atoms with Gasteiger partial charge in [-0.3, -0.25) is 0 Å². The van der Waals surface area contributed by atoms with Crippen molar-refractivity contribution in [2.45, 2.75) is 4.90 Å². The summed E-state index contributed by atoms with van der Waals surface area (Å²) in [5.74, 6) is 0. The third-order valence-electron chi connectivity index (χ3n) is 1.08. The van der Waals surface area contributed by atoms with E-state index in [9.17, 15) is 13.0 Å². The van der Waals surface area contributed by atoms with E-state index in [0.717, 1.165) is 3.78 Å². The second kappa shape index (κ2) is 3.08. The molecule has 0 atom stereocenters. The zero-order chi connectivity index (χ0) is 8.48. The Balaban J connectivity index is 3.20. The van der Waals surface area contributed by atoms with Gasteiger partial charge in [-0.2, -0.15) is 0 Å². The molecule has 11 heavy (non-hydrogen) atoms. The van der Waals surface area contributed by atoms with E-state index < -0.39 is 10.1 Å². The van der Waals surface area contributed by atoms with E-state index in [1.807, 2.05) is 0 Å². The third kappa shape index (κ3) is 2.43. The van der Waals surface area contributed by atoms with Gasteiger partial charge >= 0.3 is 77.1 Å². The van der Waals surface area contributed by atoms with Crippen LogP contribution in [-0.4, -0.2) is 13.0 Å². The Morgan fingerprint density at radius 3 is 2.00 bits per heavy atom. The number of hydrogen-bond acceptors (Lipinski definition) is 3. The van der Waals surface area contributed by atoms with Crippen LogP contribution in [0.3, 0.4) is 0 Å². The molecule has 0 spiro atoms. The number of benzene rings is 1. The van der Waals surface area contributed by atoms with Crippen LogP contribution in [0.1, 0.15) is 0 Å². The topological polar surface area (TPSA) is 57.2 Å². The Kier molecular flexibility index (Phi) is 2.51. The average Bonchev–Trinajstić information content (AvgIpc) is 1.86. The van der Waals surface area contributed by atoms with Crippen LogP contribution >= 0.6 is 0 Å². The summed E-state index contributed by atoms with van der Waals surface area (Å²) in [5.41, 5.74) is 0. The van der Waals surface area contributed by atoms with Crippen LogP contribution in [0.2, 0.25) is 0 Å². The fraction of sp³-hybridized carbons (Fsp3) is 0. The van der Waals surface area contributed by atoms with E-state index in [-0.39, 0.29) is 4.90 Å². The fourth-order valence-corrected chi connectivity index (χ4v) is 1.30. The molecule has 0 amide bonds. The van der Waals surface area contributed by atoms with Crippen LogP contribution in [0.5, 0.6) is 0 Å². The van der Waals surface area contributed by atoms with Gasteiger partial charge in [-0.05, 0) is 0 Å². The molecule has 0 N–H and O–H groups in total. The SMILES string of the molecule is O=S(=O)([O-])c1cc[c]([Ag+])cc1. The average molecular weight is 264 g/mol. The van der Waals surface area contributed by atoms with E-state index in [0.29, 0.717) is 0 Å². The second-order valence-electron chi connectivity index (χ2n) is 1.86. The van der Waals surface area contributed by atoms with Crippen molar-refractivity contribution in [2.75, 3.05) is 0 Å². The maximum atomic E-state index is 10.4. The van der Waals surface area contributed by atoms with E-state index in [2.05, 4.69) is 21.1 Å². The van der Waals surface area contributed by atoms with Gasteiger partial charge in [0.15, 0.2) is 0 Å². The normalized spacial score (nSPS) is 11.5. The summed E-state index contributed by atoms with van der Waals surface area (Å²) >= 11 is 3.13. The molecule has 63 valence electrons. The van der Waals surface area contributed by atoms with Gasteiger partial charge in [0.2, 0.25) is 0 Å². The zero-order valence-electron chi connectivity index (χ0n) is 5.24. The van der Waals surface area contributed by atoms with Crippen molar-refractivity contribution in [2.24, 2.45) is 0 Å².